The number of hydrogen-bond donors (Lipinski definition) is 4. The maximum atomic E-state index is 13.8. The maximum absolute atomic E-state index is 13.8. The van der Waals surface area contributed by atoms with E-state index in [0.717, 1.165) is 33.1 Å². The number of fused-ring (bicyclic) bond motifs is 4. The zero-order valence-electron chi connectivity index (χ0n) is 19.3. The monoisotopic (exact) mass is 478 g/mol. The number of hydrogen-bond acceptors (Lipinski definition) is 4. The highest BCUT2D eigenvalue weighted by atomic mass is 19.1. The second-order valence-corrected chi connectivity index (χ2v) is 8.61. The van der Waals surface area contributed by atoms with Crippen molar-refractivity contribution in [3.05, 3.63) is 90.2 Å². The Kier molecular flexibility index (Phi) is 5.16. The van der Waals surface area contributed by atoms with Crippen LogP contribution in [0, 0.1) is 5.82 Å². The first-order chi connectivity index (χ1) is 17.5. The standard InChI is InChI=1S/C28H23FN6O/c29-16-8-11-21-23(14-16)34-28(33-21)20-5-3-7-25-26(20)19-4-1-2-6-24(19)35(25)17-9-10-18(27(31)36)22(15-17)32-13-12-30/h1-11,14-15,32H,12-13,30H2,(H2,31,36)(H,33,34). The lowest BCUT2D eigenvalue weighted by atomic mass is 10.1. The number of carbonyl (C=O) groups excluding carboxylic acids is 1. The summed E-state index contributed by atoms with van der Waals surface area (Å²) in [6.45, 7) is 0.927. The maximum Gasteiger partial charge on any atom is 0.250 e. The number of nitrogens with zero attached hydrogens (tertiary/aromatic N) is 2. The lowest BCUT2D eigenvalue weighted by Gasteiger charge is -2.14. The molecule has 0 radical (unpaired) electrons. The average molecular weight is 479 g/mol. The van der Waals surface area contributed by atoms with Crippen LogP contribution in [0.2, 0.25) is 0 Å². The van der Waals surface area contributed by atoms with Crippen molar-refractivity contribution >= 4 is 44.4 Å². The summed E-state index contributed by atoms with van der Waals surface area (Å²) in [5.74, 6) is -0.156. The van der Waals surface area contributed by atoms with Gasteiger partial charge in [0.05, 0.1) is 27.6 Å². The molecule has 36 heavy (non-hydrogen) atoms. The number of anilines is 1. The number of aromatic nitrogens is 3. The molecule has 0 saturated carbocycles. The Balaban J connectivity index is 1.62. The number of aromatic amines is 1. The molecule has 1 amide bonds. The molecule has 0 unspecified atom stereocenters. The van der Waals surface area contributed by atoms with Gasteiger partial charge in [0.25, 0.3) is 5.91 Å². The van der Waals surface area contributed by atoms with Gasteiger partial charge in [-0.05, 0) is 48.5 Å². The van der Waals surface area contributed by atoms with Crippen molar-refractivity contribution in [3.8, 4) is 17.1 Å². The van der Waals surface area contributed by atoms with Crippen molar-refractivity contribution in [2.45, 2.75) is 0 Å². The zero-order valence-corrected chi connectivity index (χ0v) is 19.3. The minimum absolute atomic E-state index is 0.314. The number of carbonyl (C=O) groups is 1. The summed E-state index contributed by atoms with van der Waals surface area (Å²) in [6, 6.07) is 24.2. The molecule has 0 spiro atoms. The first kappa shape index (κ1) is 21.8. The van der Waals surface area contributed by atoms with E-state index in [4.69, 9.17) is 16.5 Å². The number of nitrogens with one attached hydrogen (secondary N) is 2. The minimum atomic E-state index is -0.507. The van der Waals surface area contributed by atoms with E-state index in [0.29, 0.717) is 41.2 Å². The van der Waals surface area contributed by atoms with Crippen LogP contribution in [-0.4, -0.2) is 33.5 Å². The molecule has 0 aliphatic heterocycles. The van der Waals surface area contributed by atoms with E-state index in [1.54, 1.807) is 12.1 Å². The van der Waals surface area contributed by atoms with E-state index in [1.165, 1.54) is 12.1 Å². The van der Waals surface area contributed by atoms with E-state index < -0.39 is 5.91 Å². The first-order valence-corrected chi connectivity index (χ1v) is 11.6. The Bertz CT molecular complexity index is 1780. The first-order valence-electron chi connectivity index (χ1n) is 11.6. The van der Waals surface area contributed by atoms with Crippen molar-refractivity contribution in [2.24, 2.45) is 11.5 Å². The molecule has 8 heteroatoms. The second-order valence-electron chi connectivity index (χ2n) is 8.61. The molecule has 0 fully saturated rings. The van der Waals surface area contributed by atoms with Crippen LogP contribution in [0.15, 0.2) is 78.9 Å². The fourth-order valence-electron chi connectivity index (χ4n) is 4.84. The molecule has 0 aliphatic rings. The summed E-state index contributed by atoms with van der Waals surface area (Å²) in [7, 11) is 0. The van der Waals surface area contributed by atoms with Gasteiger partial charge >= 0.3 is 0 Å². The molecule has 178 valence electrons. The van der Waals surface area contributed by atoms with Crippen LogP contribution in [0.1, 0.15) is 10.4 Å². The summed E-state index contributed by atoms with van der Waals surface area (Å²) in [5, 5.41) is 5.28. The lowest BCUT2D eigenvalue weighted by Crippen LogP contribution is -2.18. The van der Waals surface area contributed by atoms with E-state index in [9.17, 15) is 9.18 Å². The molecular formula is C28H23FN6O. The van der Waals surface area contributed by atoms with E-state index in [-0.39, 0.29) is 5.82 Å². The number of primary amides is 1. The predicted molar refractivity (Wildman–Crippen MR) is 142 cm³/mol. The van der Waals surface area contributed by atoms with Crippen LogP contribution in [0.3, 0.4) is 0 Å². The van der Waals surface area contributed by atoms with E-state index in [1.807, 2.05) is 36.4 Å². The third-order valence-corrected chi connectivity index (χ3v) is 6.38. The summed E-state index contributed by atoms with van der Waals surface area (Å²) in [4.78, 5) is 20.0. The Morgan fingerprint density at radius 3 is 2.67 bits per heavy atom. The molecule has 7 nitrogen and oxygen atoms in total. The van der Waals surface area contributed by atoms with Crippen molar-refractivity contribution in [1.29, 1.82) is 0 Å². The number of H-pyrrole nitrogens is 1. The van der Waals surface area contributed by atoms with Crippen molar-refractivity contribution in [1.82, 2.24) is 14.5 Å². The van der Waals surface area contributed by atoms with E-state index >= 15 is 0 Å². The van der Waals surface area contributed by atoms with Gasteiger partial charge < -0.3 is 26.3 Å². The Morgan fingerprint density at radius 1 is 1.00 bits per heavy atom. The number of halogens is 1. The smallest absolute Gasteiger partial charge is 0.250 e. The highest BCUT2D eigenvalue weighted by Crippen LogP contribution is 2.38. The second kappa shape index (κ2) is 8.51. The number of para-hydroxylation sites is 1. The number of imidazole rings is 1. The third kappa shape index (κ3) is 3.47. The molecule has 2 aromatic heterocycles. The summed E-state index contributed by atoms with van der Waals surface area (Å²) in [5.41, 5.74) is 17.4. The number of benzene rings is 4. The highest BCUT2D eigenvalue weighted by Gasteiger charge is 2.19. The van der Waals surface area contributed by atoms with Gasteiger partial charge in [0, 0.05) is 40.8 Å². The van der Waals surface area contributed by atoms with Gasteiger partial charge in [0.1, 0.15) is 11.6 Å². The minimum Gasteiger partial charge on any atom is -0.383 e. The fourth-order valence-corrected chi connectivity index (χ4v) is 4.84. The normalized spacial score (nSPS) is 11.5. The van der Waals surface area contributed by atoms with Crippen LogP contribution < -0.4 is 16.8 Å². The highest BCUT2D eigenvalue weighted by molar-refractivity contribution is 6.15. The van der Waals surface area contributed by atoms with Crippen molar-refractivity contribution in [3.63, 3.8) is 0 Å². The number of amides is 1. The predicted octanol–water partition coefficient (Wildman–Crippen LogP) is 4.94. The van der Waals surface area contributed by atoms with Gasteiger partial charge in [-0.15, -0.1) is 0 Å². The number of nitrogens with two attached hydrogens (primary N) is 2. The van der Waals surface area contributed by atoms with Gasteiger partial charge in [-0.2, -0.15) is 0 Å². The largest absolute Gasteiger partial charge is 0.383 e. The van der Waals surface area contributed by atoms with Gasteiger partial charge in [-0.3, -0.25) is 4.79 Å². The van der Waals surface area contributed by atoms with Gasteiger partial charge in [-0.1, -0.05) is 30.3 Å². The molecule has 6 N–H and O–H groups in total. The molecule has 6 rings (SSSR count). The van der Waals surface area contributed by atoms with Crippen molar-refractivity contribution < 1.29 is 9.18 Å². The Morgan fingerprint density at radius 2 is 1.83 bits per heavy atom. The fraction of sp³-hybridized carbons (Fsp3) is 0.0714. The average Bonchev–Trinajstić information content (AvgIpc) is 3.46. The van der Waals surface area contributed by atoms with E-state index in [2.05, 4.69) is 33.1 Å². The van der Waals surface area contributed by atoms with Crippen LogP contribution in [0.5, 0.6) is 0 Å². The van der Waals surface area contributed by atoms with Crippen molar-refractivity contribution in [2.75, 3.05) is 18.4 Å². The summed E-state index contributed by atoms with van der Waals surface area (Å²) >= 11 is 0. The molecule has 4 aromatic carbocycles. The third-order valence-electron chi connectivity index (χ3n) is 6.38. The molecular weight excluding hydrogens is 455 g/mol. The van der Waals surface area contributed by atoms with Crippen LogP contribution in [-0.2, 0) is 0 Å². The topological polar surface area (TPSA) is 115 Å². The molecule has 0 bridgehead atoms. The number of rotatable bonds is 6. The molecule has 0 atom stereocenters. The van der Waals surface area contributed by atoms with Gasteiger partial charge in [-0.25, -0.2) is 9.37 Å². The van der Waals surface area contributed by atoms with Gasteiger partial charge in [0.2, 0.25) is 0 Å². The molecule has 0 aliphatic carbocycles. The Labute approximate surface area is 205 Å². The zero-order chi connectivity index (χ0) is 24.8. The van der Waals surface area contributed by atoms with Crippen LogP contribution >= 0.6 is 0 Å². The molecule has 2 heterocycles. The van der Waals surface area contributed by atoms with Crippen LogP contribution in [0.25, 0.3) is 49.9 Å². The lowest BCUT2D eigenvalue weighted by molar-refractivity contribution is 0.100. The summed E-state index contributed by atoms with van der Waals surface area (Å²) in [6.07, 6.45) is 0. The Hall–Kier alpha value is -4.69. The summed E-state index contributed by atoms with van der Waals surface area (Å²) < 4.78 is 15.9. The van der Waals surface area contributed by atoms with Gasteiger partial charge in [0.15, 0.2) is 0 Å². The molecule has 6 aromatic rings. The molecule has 0 saturated heterocycles. The SMILES string of the molecule is NCCNc1cc(-n2c3ccccc3c3c(-c4nc5ccc(F)cc5[nH]4)cccc32)ccc1C(N)=O. The van der Waals surface area contributed by atoms with Crippen LogP contribution in [0.4, 0.5) is 10.1 Å². The quantitative estimate of drug-likeness (QED) is 0.272.